The van der Waals surface area contributed by atoms with E-state index in [2.05, 4.69) is 26.1 Å². The average Bonchev–Trinajstić information content (AvgIpc) is 2.07. The Labute approximate surface area is 104 Å². The molecular weight excluding hydrogens is 306 g/mol. The average molecular weight is 322 g/mol. The van der Waals surface area contributed by atoms with Crippen molar-refractivity contribution < 1.29 is 4.39 Å². The first-order valence-corrected chi connectivity index (χ1v) is 5.86. The van der Waals surface area contributed by atoms with Crippen molar-refractivity contribution in [2.45, 2.75) is 20.8 Å². The van der Waals surface area contributed by atoms with E-state index in [0.29, 0.717) is 14.9 Å². The zero-order chi connectivity index (χ0) is 11.6. The van der Waals surface area contributed by atoms with E-state index in [-0.39, 0.29) is 11.2 Å². The van der Waals surface area contributed by atoms with Crippen LogP contribution >= 0.6 is 22.6 Å². The molecule has 0 aliphatic heterocycles. The van der Waals surface area contributed by atoms with Crippen LogP contribution in [0.2, 0.25) is 0 Å². The topological polar surface area (TPSA) is 38.0 Å². The van der Waals surface area contributed by atoms with Crippen molar-refractivity contribution in [3.8, 4) is 0 Å². The normalized spacial score (nSPS) is 11.5. The zero-order valence-corrected chi connectivity index (χ0v) is 11.4. The number of nitrogen functional groups attached to an aromatic ring is 1. The molecule has 0 bridgehead atoms. The number of nitrogens with two attached hydrogens (primary N) is 1. The van der Waals surface area contributed by atoms with Crippen LogP contribution in [-0.2, 0) is 0 Å². The molecule has 1 rings (SSSR count). The molecule has 1 aromatic carbocycles. The fraction of sp³-hybridized carbons (Fsp3) is 0.455. The van der Waals surface area contributed by atoms with Gasteiger partial charge in [-0.15, -0.1) is 0 Å². The van der Waals surface area contributed by atoms with Gasteiger partial charge in [-0.3, -0.25) is 0 Å². The summed E-state index contributed by atoms with van der Waals surface area (Å²) in [5.74, 6) is -0.235. The molecule has 0 aliphatic rings. The van der Waals surface area contributed by atoms with Crippen LogP contribution < -0.4 is 11.1 Å². The van der Waals surface area contributed by atoms with E-state index < -0.39 is 0 Å². The number of anilines is 2. The van der Waals surface area contributed by atoms with Crippen molar-refractivity contribution in [2.75, 3.05) is 17.6 Å². The molecule has 0 atom stereocenters. The minimum absolute atomic E-state index is 0.145. The molecule has 2 nitrogen and oxygen atoms in total. The molecule has 0 amide bonds. The van der Waals surface area contributed by atoms with E-state index in [1.54, 1.807) is 6.07 Å². The highest BCUT2D eigenvalue weighted by Gasteiger charge is 2.11. The van der Waals surface area contributed by atoms with E-state index in [1.807, 2.05) is 22.6 Å². The van der Waals surface area contributed by atoms with E-state index in [0.717, 1.165) is 6.54 Å². The van der Waals surface area contributed by atoms with Crippen LogP contribution in [-0.4, -0.2) is 6.54 Å². The Morgan fingerprint density at radius 3 is 2.53 bits per heavy atom. The molecule has 0 aromatic heterocycles. The van der Waals surface area contributed by atoms with Crippen LogP contribution in [0.15, 0.2) is 12.1 Å². The highest BCUT2D eigenvalue weighted by atomic mass is 127. The lowest BCUT2D eigenvalue weighted by Gasteiger charge is -2.20. The predicted octanol–water partition coefficient (Wildman–Crippen LogP) is 3.47. The van der Waals surface area contributed by atoms with Crippen molar-refractivity contribution in [1.82, 2.24) is 0 Å². The number of nitrogens with one attached hydrogen (secondary N) is 1. The monoisotopic (exact) mass is 322 g/mol. The van der Waals surface area contributed by atoms with Gasteiger partial charge in [0.25, 0.3) is 0 Å². The molecule has 1 aromatic rings. The van der Waals surface area contributed by atoms with Crippen LogP contribution in [0.1, 0.15) is 20.8 Å². The Bertz CT molecular complexity index is 358. The summed E-state index contributed by atoms with van der Waals surface area (Å²) in [4.78, 5) is 0. The Hall–Kier alpha value is -0.520. The van der Waals surface area contributed by atoms with Gasteiger partial charge in [0.05, 0.1) is 14.9 Å². The second-order valence-electron chi connectivity index (χ2n) is 4.77. The maximum Gasteiger partial charge on any atom is 0.138 e. The lowest BCUT2D eigenvalue weighted by Crippen LogP contribution is -2.19. The Morgan fingerprint density at radius 1 is 1.40 bits per heavy atom. The maximum absolute atomic E-state index is 13.3. The Kier molecular flexibility index (Phi) is 3.81. The molecule has 0 saturated carbocycles. The Morgan fingerprint density at radius 2 is 2.00 bits per heavy atom. The standard InChI is InChI=1S/C11H16FIN2/c1-11(2,3)6-15-10-4-7(12)8(13)5-9(10)14/h4-5,15H,6,14H2,1-3H3. The molecule has 0 spiro atoms. The van der Waals surface area contributed by atoms with Gasteiger partial charge in [-0.2, -0.15) is 0 Å². The van der Waals surface area contributed by atoms with Crippen LogP contribution in [0.5, 0.6) is 0 Å². The summed E-state index contributed by atoms with van der Waals surface area (Å²) in [6.45, 7) is 7.09. The van der Waals surface area contributed by atoms with Gasteiger partial charge in [-0.25, -0.2) is 4.39 Å². The fourth-order valence-electron chi connectivity index (χ4n) is 1.08. The summed E-state index contributed by atoms with van der Waals surface area (Å²) in [5.41, 5.74) is 7.19. The van der Waals surface area contributed by atoms with Gasteiger partial charge in [0.15, 0.2) is 0 Å². The van der Waals surface area contributed by atoms with Gasteiger partial charge in [0.2, 0.25) is 0 Å². The molecule has 0 radical (unpaired) electrons. The molecule has 0 heterocycles. The molecule has 0 unspecified atom stereocenters. The summed E-state index contributed by atoms with van der Waals surface area (Å²) < 4.78 is 13.8. The van der Waals surface area contributed by atoms with Gasteiger partial charge < -0.3 is 11.1 Å². The van der Waals surface area contributed by atoms with Crippen molar-refractivity contribution in [1.29, 1.82) is 0 Å². The summed E-state index contributed by atoms with van der Waals surface area (Å²) >= 11 is 1.93. The van der Waals surface area contributed by atoms with E-state index in [4.69, 9.17) is 5.73 Å². The third-order valence-corrected chi connectivity index (χ3v) is 2.73. The Balaban J connectivity index is 2.82. The lowest BCUT2D eigenvalue weighted by molar-refractivity contribution is 0.443. The van der Waals surface area contributed by atoms with E-state index in [1.165, 1.54) is 6.07 Å². The third-order valence-electron chi connectivity index (χ3n) is 1.90. The number of hydrogen-bond donors (Lipinski definition) is 2. The first kappa shape index (κ1) is 12.5. The van der Waals surface area contributed by atoms with Crippen molar-refractivity contribution in [3.63, 3.8) is 0 Å². The fourth-order valence-corrected chi connectivity index (χ4v) is 1.57. The maximum atomic E-state index is 13.3. The van der Waals surface area contributed by atoms with Crippen molar-refractivity contribution in [2.24, 2.45) is 5.41 Å². The second-order valence-corrected chi connectivity index (χ2v) is 5.93. The summed E-state index contributed by atoms with van der Waals surface area (Å²) in [7, 11) is 0. The minimum atomic E-state index is -0.235. The third kappa shape index (κ3) is 3.85. The molecular formula is C11H16FIN2. The SMILES string of the molecule is CC(C)(C)CNc1cc(F)c(I)cc1N. The highest BCUT2D eigenvalue weighted by molar-refractivity contribution is 14.1. The predicted molar refractivity (Wildman–Crippen MR) is 71.5 cm³/mol. The van der Waals surface area contributed by atoms with E-state index in [9.17, 15) is 4.39 Å². The molecule has 3 N–H and O–H groups in total. The smallest absolute Gasteiger partial charge is 0.138 e. The van der Waals surface area contributed by atoms with E-state index >= 15 is 0 Å². The molecule has 0 aliphatic carbocycles. The molecule has 0 saturated heterocycles. The van der Waals surface area contributed by atoms with Gasteiger partial charge in [-0.05, 0) is 34.1 Å². The van der Waals surface area contributed by atoms with Crippen molar-refractivity contribution in [3.05, 3.63) is 21.5 Å². The quantitative estimate of drug-likeness (QED) is 0.646. The molecule has 4 heteroatoms. The number of halogens is 2. The summed E-state index contributed by atoms with van der Waals surface area (Å²) in [5, 5.41) is 3.15. The van der Waals surface area contributed by atoms with Gasteiger partial charge >= 0.3 is 0 Å². The first-order valence-electron chi connectivity index (χ1n) is 4.78. The van der Waals surface area contributed by atoms with Gasteiger partial charge in [0, 0.05) is 12.6 Å². The highest BCUT2D eigenvalue weighted by Crippen LogP contribution is 2.25. The largest absolute Gasteiger partial charge is 0.397 e. The first-order chi connectivity index (χ1) is 6.79. The van der Waals surface area contributed by atoms with Gasteiger partial charge in [0.1, 0.15) is 5.82 Å². The summed E-state index contributed by atoms with van der Waals surface area (Å²) in [6, 6.07) is 3.09. The van der Waals surface area contributed by atoms with Crippen LogP contribution in [0.3, 0.4) is 0 Å². The second kappa shape index (κ2) is 4.55. The zero-order valence-electron chi connectivity index (χ0n) is 9.20. The molecule has 15 heavy (non-hydrogen) atoms. The minimum Gasteiger partial charge on any atom is -0.397 e. The van der Waals surface area contributed by atoms with Crippen molar-refractivity contribution >= 4 is 34.0 Å². The summed E-state index contributed by atoms with van der Waals surface area (Å²) in [6.07, 6.45) is 0. The van der Waals surface area contributed by atoms with Crippen LogP contribution in [0, 0.1) is 14.8 Å². The number of benzene rings is 1. The number of hydrogen-bond acceptors (Lipinski definition) is 2. The van der Waals surface area contributed by atoms with Gasteiger partial charge in [-0.1, -0.05) is 20.8 Å². The molecule has 84 valence electrons. The lowest BCUT2D eigenvalue weighted by atomic mass is 9.97. The number of rotatable bonds is 2. The molecule has 0 fully saturated rings. The van der Waals surface area contributed by atoms with Crippen LogP contribution in [0.25, 0.3) is 0 Å². The van der Waals surface area contributed by atoms with Crippen LogP contribution in [0.4, 0.5) is 15.8 Å².